The summed E-state index contributed by atoms with van der Waals surface area (Å²) in [5, 5.41) is 0. The molecule has 0 unspecified atom stereocenters. The molecule has 3 rings (SSSR count). The molecule has 2 heteroatoms. The van der Waals surface area contributed by atoms with Crippen LogP contribution in [0.2, 0.25) is 0 Å². The Morgan fingerprint density at radius 2 is 1.11 bits per heavy atom. The first kappa shape index (κ1) is 25.6. The fourth-order valence-corrected chi connectivity index (χ4v) is 3.06. The van der Waals surface area contributed by atoms with Gasteiger partial charge in [-0.05, 0) is 81.9 Å². The minimum atomic E-state index is 0. The van der Waals surface area contributed by atoms with Gasteiger partial charge < -0.3 is 4.74 Å². The summed E-state index contributed by atoms with van der Waals surface area (Å²) in [6, 6.07) is 8.43. The third-order valence-electron chi connectivity index (χ3n) is 4.67. The maximum atomic E-state index is 5.82. The van der Waals surface area contributed by atoms with Gasteiger partial charge in [-0.1, -0.05) is 64.0 Å². The first-order chi connectivity index (χ1) is 13.4. The molecule has 0 amide bonds. The number of unbranched alkanes of at least 4 members (excludes halogenated alkanes) is 7. The summed E-state index contributed by atoms with van der Waals surface area (Å²) in [5.74, 6) is 2.26. The molecule has 10 radical (unpaired) electrons. The molecule has 28 heavy (non-hydrogen) atoms. The molecule has 1 aromatic carbocycles. The fraction of sp³-hybridized carbons (Fsp3) is 0.385. The fourth-order valence-electron chi connectivity index (χ4n) is 3.06. The van der Waals surface area contributed by atoms with Crippen molar-refractivity contribution >= 4 is 0 Å². The molecule has 150 valence electrons. The molecule has 2 saturated carbocycles. The summed E-state index contributed by atoms with van der Waals surface area (Å²) < 4.78 is 5.82. The zero-order chi connectivity index (χ0) is 19.0. The van der Waals surface area contributed by atoms with Crippen molar-refractivity contribution in [2.45, 2.75) is 58.3 Å². The molecule has 2 aliphatic carbocycles. The van der Waals surface area contributed by atoms with E-state index < -0.39 is 0 Å². The van der Waals surface area contributed by atoms with Crippen LogP contribution in [0.4, 0.5) is 0 Å². The van der Waals surface area contributed by atoms with Crippen molar-refractivity contribution in [2.24, 2.45) is 0 Å². The zero-order valence-electron chi connectivity index (χ0n) is 17.1. The largest absolute Gasteiger partial charge is 2.00 e. The second kappa shape index (κ2) is 17.4. The summed E-state index contributed by atoms with van der Waals surface area (Å²) in [6.45, 7) is 3.11. The van der Waals surface area contributed by atoms with Crippen LogP contribution in [-0.2, 0) is 17.1 Å². The van der Waals surface area contributed by atoms with E-state index in [0.29, 0.717) is 0 Å². The maximum absolute atomic E-state index is 5.82. The summed E-state index contributed by atoms with van der Waals surface area (Å²) in [6.07, 6.45) is 29.1. The SMILES string of the molecule is CCCCCCCCCCOc1ccc([C]2[CH][CH][CH][CH]2)cc1.[CH]1[CH][CH][CH][CH]1.[Fe+2]. The van der Waals surface area contributed by atoms with E-state index >= 15 is 0 Å². The molecule has 0 spiro atoms. The first-order valence-electron chi connectivity index (χ1n) is 10.5. The number of benzene rings is 1. The predicted molar refractivity (Wildman–Crippen MR) is 116 cm³/mol. The summed E-state index contributed by atoms with van der Waals surface area (Å²) in [5.41, 5.74) is 1.25. The molecule has 0 atom stereocenters. The standard InChI is InChI=1S/C21H29O.C5H5.Fe/c1-2-3-4-5-6-7-8-11-18-22-21-16-14-20(15-17-21)19-12-9-10-13-19;1-2-4-5-3-1;/h9-10,12-17H,2-8,11,18H2,1H3;1-5H;/q;;+2. The van der Waals surface area contributed by atoms with Crippen molar-refractivity contribution in [1.82, 2.24) is 0 Å². The van der Waals surface area contributed by atoms with Crippen molar-refractivity contribution in [3.8, 4) is 5.75 Å². The van der Waals surface area contributed by atoms with Crippen molar-refractivity contribution in [3.63, 3.8) is 0 Å². The van der Waals surface area contributed by atoms with Gasteiger partial charge in [0.2, 0.25) is 0 Å². The van der Waals surface area contributed by atoms with Crippen LogP contribution in [0.5, 0.6) is 5.75 Å². The normalized spacial score (nSPS) is 16.3. The Balaban J connectivity index is 0.000000567. The van der Waals surface area contributed by atoms with Crippen LogP contribution in [0.3, 0.4) is 0 Å². The summed E-state index contributed by atoms with van der Waals surface area (Å²) >= 11 is 0. The van der Waals surface area contributed by atoms with E-state index in [1.807, 2.05) is 32.1 Å². The second-order valence-electron chi connectivity index (χ2n) is 6.98. The van der Waals surface area contributed by atoms with Gasteiger partial charge in [0, 0.05) is 5.92 Å². The van der Waals surface area contributed by atoms with Gasteiger partial charge in [-0.3, -0.25) is 0 Å². The van der Waals surface area contributed by atoms with Crippen molar-refractivity contribution in [2.75, 3.05) is 6.61 Å². The molecule has 0 heterocycles. The number of hydrogen-bond acceptors (Lipinski definition) is 1. The molecule has 1 nitrogen and oxygen atoms in total. The maximum Gasteiger partial charge on any atom is 2.00 e. The smallest absolute Gasteiger partial charge is 0.494 e. The summed E-state index contributed by atoms with van der Waals surface area (Å²) in [7, 11) is 0. The van der Waals surface area contributed by atoms with Crippen molar-refractivity contribution < 1.29 is 21.8 Å². The number of ether oxygens (including phenoxy) is 1. The van der Waals surface area contributed by atoms with E-state index in [4.69, 9.17) is 4.74 Å². The van der Waals surface area contributed by atoms with Gasteiger partial charge in [-0.15, -0.1) is 0 Å². The minimum Gasteiger partial charge on any atom is -0.494 e. The molecule has 0 aromatic heterocycles. The van der Waals surface area contributed by atoms with E-state index in [1.54, 1.807) is 0 Å². The Kier molecular flexibility index (Phi) is 15.9. The monoisotopic (exact) mass is 418 g/mol. The van der Waals surface area contributed by atoms with Gasteiger partial charge in [0.25, 0.3) is 0 Å². The van der Waals surface area contributed by atoms with Crippen molar-refractivity contribution in [3.05, 3.63) is 93.5 Å². The average molecular weight is 418 g/mol. The minimum absolute atomic E-state index is 0. The molecular weight excluding hydrogens is 384 g/mol. The first-order valence-corrected chi connectivity index (χ1v) is 10.5. The van der Waals surface area contributed by atoms with Gasteiger partial charge in [0.05, 0.1) is 6.61 Å². The van der Waals surface area contributed by atoms with E-state index in [1.165, 1.54) is 62.8 Å². The Labute approximate surface area is 185 Å². The van der Waals surface area contributed by atoms with Crippen LogP contribution < -0.4 is 4.74 Å². The van der Waals surface area contributed by atoms with Crippen molar-refractivity contribution in [1.29, 1.82) is 0 Å². The molecule has 0 N–H and O–H groups in total. The molecule has 0 aliphatic heterocycles. The molecule has 0 bridgehead atoms. The second-order valence-corrected chi connectivity index (χ2v) is 6.98. The zero-order valence-corrected chi connectivity index (χ0v) is 18.2. The Bertz CT molecular complexity index is 438. The van der Waals surface area contributed by atoms with Crippen LogP contribution in [-0.4, -0.2) is 6.61 Å². The quantitative estimate of drug-likeness (QED) is 0.278. The predicted octanol–water partition coefficient (Wildman–Crippen LogP) is 6.98. The van der Waals surface area contributed by atoms with E-state index in [9.17, 15) is 0 Å². The Hall–Kier alpha value is -0.461. The van der Waals surface area contributed by atoms with Gasteiger partial charge in [0.1, 0.15) is 5.75 Å². The molecule has 0 saturated heterocycles. The van der Waals surface area contributed by atoms with Crippen LogP contribution in [0.15, 0.2) is 24.3 Å². The van der Waals surface area contributed by atoms with Gasteiger partial charge in [-0.2, -0.15) is 0 Å². The Morgan fingerprint density at radius 1 is 0.607 bits per heavy atom. The third-order valence-corrected chi connectivity index (χ3v) is 4.67. The van der Waals surface area contributed by atoms with Crippen LogP contribution in [0.25, 0.3) is 0 Å². The third kappa shape index (κ3) is 11.5. The van der Waals surface area contributed by atoms with Gasteiger partial charge in [-0.25, -0.2) is 0 Å². The molecule has 1 aromatic rings. The van der Waals surface area contributed by atoms with Crippen LogP contribution >= 0.6 is 0 Å². The molecule has 2 aliphatic rings. The van der Waals surface area contributed by atoms with E-state index in [-0.39, 0.29) is 17.1 Å². The van der Waals surface area contributed by atoms with Gasteiger partial charge in [0.15, 0.2) is 0 Å². The van der Waals surface area contributed by atoms with Gasteiger partial charge >= 0.3 is 17.1 Å². The van der Waals surface area contributed by atoms with Crippen LogP contribution in [0, 0.1) is 63.7 Å². The summed E-state index contributed by atoms with van der Waals surface area (Å²) in [4.78, 5) is 0. The molecule has 2 fully saturated rings. The topological polar surface area (TPSA) is 9.23 Å². The number of hydrogen-bond donors (Lipinski definition) is 0. The molecular formula is C26H34FeO+2. The van der Waals surface area contributed by atoms with E-state index in [0.717, 1.165) is 12.4 Å². The number of rotatable bonds is 11. The van der Waals surface area contributed by atoms with Crippen LogP contribution in [0.1, 0.15) is 63.9 Å². The average Bonchev–Trinajstić information content (AvgIpc) is 3.44. The Morgan fingerprint density at radius 3 is 1.64 bits per heavy atom. The van der Waals surface area contributed by atoms with E-state index in [2.05, 4.69) is 56.9 Å².